The van der Waals surface area contributed by atoms with E-state index in [0.29, 0.717) is 6.42 Å². The molecule has 1 rings (SSSR count). The van der Waals surface area contributed by atoms with Crippen LogP contribution in [0.1, 0.15) is 156 Å². The highest BCUT2D eigenvalue weighted by atomic mass is 16.3. The second-order valence-corrected chi connectivity index (χ2v) is 26.1. The van der Waals surface area contributed by atoms with Crippen LogP contribution in [0.15, 0.2) is 12.2 Å². The van der Waals surface area contributed by atoms with Crippen LogP contribution >= 0.6 is 0 Å². The first-order valence-corrected chi connectivity index (χ1v) is 30.6. The fourth-order valence-electron chi connectivity index (χ4n) is 10.7. The minimum absolute atomic E-state index is 0.0229. The number of carbonyl (C=O) groups is 11. The van der Waals surface area contributed by atoms with Gasteiger partial charge in [0.25, 0.3) is 0 Å². The summed E-state index contributed by atoms with van der Waals surface area (Å²) in [6.07, 6.45) is 3.04. The van der Waals surface area contributed by atoms with Crippen molar-refractivity contribution in [3.05, 3.63) is 12.2 Å². The van der Waals surface area contributed by atoms with E-state index in [2.05, 4.69) is 21.3 Å². The van der Waals surface area contributed by atoms with Crippen molar-refractivity contribution in [2.45, 2.75) is 223 Å². The zero-order chi connectivity index (χ0) is 66.0. The molecule has 0 aliphatic carbocycles. The molecular formula is C62H111N11O12. The normalized spacial score (nSPS) is 26.9. The number of allylic oxidation sites excluding steroid dienone is 2. The number of nitrogens with zero attached hydrogens (tertiary/aromatic N) is 7. The summed E-state index contributed by atoms with van der Waals surface area (Å²) < 4.78 is 0. The van der Waals surface area contributed by atoms with E-state index in [0.717, 1.165) is 9.80 Å². The van der Waals surface area contributed by atoms with Gasteiger partial charge in [0.05, 0.1) is 12.6 Å². The third kappa shape index (κ3) is 21.7. The molecule has 85 heavy (non-hydrogen) atoms. The number of nitrogens with one attached hydrogen (secondary N) is 4. The molecule has 1 saturated heterocycles. The smallest absolute Gasteiger partial charge is 0.246 e. The van der Waals surface area contributed by atoms with Crippen LogP contribution in [-0.4, -0.2) is 227 Å². The quantitative estimate of drug-likeness (QED) is 0.148. The molecule has 0 saturated carbocycles. The van der Waals surface area contributed by atoms with Gasteiger partial charge in [-0.3, -0.25) is 52.7 Å². The van der Waals surface area contributed by atoms with Crippen molar-refractivity contribution in [1.29, 1.82) is 0 Å². The second kappa shape index (κ2) is 34.9. The first kappa shape index (κ1) is 76.9. The van der Waals surface area contributed by atoms with Crippen LogP contribution in [-0.2, 0) is 52.7 Å². The Kier molecular flexibility index (Phi) is 31.5. The number of hydrogen-bond donors (Lipinski definition) is 5. The molecule has 0 radical (unpaired) electrons. The molecule has 0 aromatic carbocycles. The number of likely N-dealkylation sites (N-methyl/N-ethyl adjacent to an activating group) is 7. The summed E-state index contributed by atoms with van der Waals surface area (Å²) >= 11 is 0. The maximum atomic E-state index is 15.1. The van der Waals surface area contributed by atoms with Crippen LogP contribution in [0.3, 0.4) is 0 Å². The molecule has 11 amide bonds. The Morgan fingerprint density at radius 1 is 0.459 bits per heavy atom. The summed E-state index contributed by atoms with van der Waals surface area (Å²) in [5.41, 5.74) is 0. The molecule has 12 atom stereocenters. The molecule has 23 nitrogen and oxygen atoms in total. The van der Waals surface area contributed by atoms with Crippen LogP contribution in [0, 0.1) is 41.4 Å². The van der Waals surface area contributed by atoms with Crippen molar-refractivity contribution < 1.29 is 57.8 Å². The van der Waals surface area contributed by atoms with E-state index in [9.17, 15) is 48.3 Å². The molecule has 0 aromatic heterocycles. The maximum absolute atomic E-state index is 15.1. The Balaban J connectivity index is 4.32. The number of rotatable bonds is 15. The van der Waals surface area contributed by atoms with E-state index in [1.54, 1.807) is 54.5 Å². The molecule has 5 N–H and O–H groups in total. The lowest BCUT2D eigenvalue weighted by atomic mass is 9.91. The molecule has 0 bridgehead atoms. The summed E-state index contributed by atoms with van der Waals surface area (Å²) in [6, 6.07) is -12.3. The Morgan fingerprint density at radius 2 is 0.871 bits per heavy atom. The zero-order valence-electron chi connectivity index (χ0n) is 56.1. The Labute approximate surface area is 508 Å². The molecule has 486 valence electrons. The molecular weight excluding hydrogens is 1090 g/mol. The van der Waals surface area contributed by atoms with Crippen LogP contribution < -0.4 is 21.3 Å². The summed E-state index contributed by atoms with van der Waals surface area (Å²) in [7, 11) is 9.92. The molecule has 1 aliphatic rings. The third-order valence-electron chi connectivity index (χ3n) is 16.1. The van der Waals surface area contributed by atoms with Crippen molar-refractivity contribution in [2.75, 3.05) is 55.9 Å². The van der Waals surface area contributed by atoms with Gasteiger partial charge in [0, 0.05) is 49.3 Å². The van der Waals surface area contributed by atoms with Crippen LogP contribution in [0.25, 0.3) is 0 Å². The average Bonchev–Trinajstić information content (AvgIpc) is 3.62. The van der Waals surface area contributed by atoms with Gasteiger partial charge in [0.1, 0.15) is 60.4 Å². The fraction of sp³-hybridized carbons (Fsp3) is 0.790. The standard InChI is InChI=1S/C62H111N11O12/c1-25-27-28-40(15)52(75)51-56(79)65-43(26-2)58(81)67(18)33-48(74)68(19)44(29-34(3)4)55(78)66-49(38(11)12)61(84)69(20)45(30-35(5)6)54(77)63-41(16)53(76)64-42(17)57(80)70(21)46(31-36(7)8)59(82)71(22)47(32-37(9)10)60(83)72(23)50(39(13)14)62(85)73(51)24/h25,27,34-47,49-52,75H,26,28-33H2,1-24H3,(H,63,77)(H,64,76)(H,65,79)(H,66,78)/b27-25+/t40?,41-,42+,43-,44-,45-,46-,47-,49-,50-,51?,52?/m0/s1. The Bertz CT molecular complexity index is 2330. The van der Waals surface area contributed by atoms with E-state index < -0.39 is 156 Å². The molecule has 1 aliphatic heterocycles. The SMILES string of the molecule is C/C=C/CC(C)C(O)C1C(=O)N[C@@H](CC)C(=O)N(C)CC(=O)N(C)[C@@H](CC(C)C)C(=O)N[C@@H](C(C)C)C(=O)N(C)[C@@H](CC(C)C)C(=O)N[C@@H](C)C(=O)N[C@H](C)C(=O)N(C)[C@@H](CC(C)C)C(=O)N(C)[C@@H](CC(C)C)C(=O)N(C)[C@@H](C(C)C)C(=O)N1C. The minimum atomic E-state index is -1.61. The number of aliphatic hydroxyl groups is 1. The second-order valence-electron chi connectivity index (χ2n) is 26.1. The number of amides is 11. The fourth-order valence-corrected chi connectivity index (χ4v) is 10.7. The van der Waals surface area contributed by atoms with Crippen molar-refractivity contribution in [2.24, 2.45) is 41.4 Å². The summed E-state index contributed by atoms with van der Waals surface area (Å²) in [6.45, 7) is 29.3. The van der Waals surface area contributed by atoms with E-state index in [1.165, 1.54) is 87.7 Å². The predicted molar refractivity (Wildman–Crippen MR) is 328 cm³/mol. The van der Waals surface area contributed by atoms with Crippen molar-refractivity contribution in [3.63, 3.8) is 0 Å². The van der Waals surface area contributed by atoms with Gasteiger partial charge in [-0.2, -0.15) is 0 Å². The van der Waals surface area contributed by atoms with Gasteiger partial charge in [-0.25, -0.2) is 0 Å². The topological polar surface area (TPSA) is 279 Å². The van der Waals surface area contributed by atoms with Gasteiger partial charge in [0.15, 0.2) is 0 Å². The van der Waals surface area contributed by atoms with Gasteiger partial charge in [-0.15, -0.1) is 0 Å². The average molecular weight is 1200 g/mol. The highest BCUT2D eigenvalue weighted by Gasteiger charge is 2.45. The van der Waals surface area contributed by atoms with Gasteiger partial charge in [-0.1, -0.05) is 109 Å². The molecule has 0 aromatic rings. The zero-order valence-corrected chi connectivity index (χ0v) is 56.1. The lowest BCUT2D eigenvalue weighted by Crippen LogP contribution is -2.63. The number of aliphatic hydroxyl groups excluding tert-OH is 1. The molecule has 23 heteroatoms. The van der Waals surface area contributed by atoms with Crippen molar-refractivity contribution >= 4 is 65.0 Å². The van der Waals surface area contributed by atoms with E-state index >= 15 is 9.59 Å². The first-order valence-electron chi connectivity index (χ1n) is 30.6. The van der Waals surface area contributed by atoms with E-state index in [4.69, 9.17) is 0 Å². The lowest BCUT2D eigenvalue weighted by molar-refractivity contribution is -0.157. The van der Waals surface area contributed by atoms with Crippen molar-refractivity contribution in [1.82, 2.24) is 55.6 Å². The summed E-state index contributed by atoms with van der Waals surface area (Å²) in [5.74, 6) is -9.71. The Morgan fingerprint density at radius 3 is 1.32 bits per heavy atom. The first-order chi connectivity index (χ1) is 39.2. The van der Waals surface area contributed by atoms with Gasteiger partial charge < -0.3 is 60.7 Å². The van der Waals surface area contributed by atoms with Gasteiger partial charge >= 0.3 is 0 Å². The molecule has 3 unspecified atom stereocenters. The largest absolute Gasteiger partial charge is 0.390 e. The monoisotopic (exact) mass is 1200 g/mol. The molecule has 0 spiro atoms. The van der Waals surface area contributed by atoms with E-state index in [1.807, 2.05) is 61.5 Å². The highest BCUT2D eigenvalue weighted by molar-refractivity contribution is 5.99. The third-order valence-corrected chi connectivity index (χ3v) is 16.1. The molecule has 1 fully saturated rings. The minimum Gasteiger partial charge on any atom is -0.390 e. The highest BCUT2D eigenvalue weighted by Crippen LogP contribution is 2.26. The summed E-state index contributed by atoms with van der Waals surface area (Å²) in [4.78, 5) is 169. The Hall–Kier alpha value is -6.13. The number of hydrogen-bond acceptors (Lipinski definition) is 12. The maximum Gasteiger partial charge on any atom is 0.246 e. The molecule has 1 heterocycles. The number of carbonyl (C=O) groups excluding carboxylic acids is 11. The predicted octanol–water partition coefficient (Wildman–Crippen LogP) is 3.27. The van der Waals surface area contributed by atoms with Crippen LogP contribution in [0.5, 0.6) is 0 Å². The van der Waals surface area contributed by atoms with Gasteiger partial charge in [0.2, 0.25) is 65.0 Å². The lowest BCUT2D eigenvalue weighted by Gasteiger charge is -2.41. The van der Waals surface area contributed by atoms with Crippen molar-refractivity contribution in [3.8, 4) is 0 Å². The van der Waals surface area contributed by atoms with Crippen LogP contribution in [0.2, 0.25) is 0 Å². The summed E-state index contributed by atoms with van der Waals surface area (Å²) in [5, 5.41) is 23.1. The van der Waals surface area contributed by atoms with E-state index in [-0.39, 0.29) is 55.8 Å². The van der Waals surface area contributed by atoms with Gasteiger partial charge in [-0.05, 0) is 101 Å². The van der Waals surface area contributed by atoms with Crippen LogP contribution in [0.4, 0.5) is 0 Å².